The van der Waals surface area contributed by atoms with Crippen LogP contribution >= 0.6 is 0 Å². The van der Waals surface area contributed by atoms with E-state index in [9.17, 15) is 15.0 Å². The molecule has 0 aliphatic heterocycles. The minimum atomic E-state index is -0.371. The van der Waals surface area contributed by atoms with Gasteiger partial charge in [-0.25, -0.2) is 0 Å². The van der Waals surface area contributed by atoms with E-state index < -0.39 is 0 Å². The van der Waals surface area contributed by atoms with Crippen LogP contribution in [0.2, 0.25) is 0 Å². The zero-order valence-electron chi connectivity index (χ0n) is 10.6. The highest BCUT2D eigenvalue weighted by atomic mass is 16.3. The van der Waals surface area contributed by atoms with E-state index in [1.165, 1.54) is 36.4 Å². The molecule has 4 N–H and O–H groups in total. The van der Waals surface area contributed by atoms with Gasteiger partial charge in [0.1, 0.15) is 11.5 Å². The monoisotopic (exact) mass is 274 g/mol. The van der Waals surface area contributed by atoms with Gasteiger partial charge in [-0.1, -0.05) is 0 Å². The lowest BCUT2D eigenvalue weighted by molar-refractivity contribution is 0.103. The third-order valence-corrected chi connectivity index (χ3v) is 3.02. The summed E-state index contributed by atoms with van der Waals surface area (Å²) < 4.78 is 0. The SMILES string of the molecule is O=C(c1ccc(O)c(CO)c1)c1ccc(O)c(CO)c1. The minimum Gasteiger partial charge on any atom is -0.508 e. The van der Waals surface area contributed by atoms with Gasteiger partial charge in [0.05, 0.1) is 13.2 Å². The van der Waals surface area contributed by atoms with Crippen LogP contribution in [0.1, 0.15) is 27.0 Å². The minimum absolute atomic E-state index is 0.0780. The first-order valence-corrected chi connectivity index (χ1v) is 5.97. The molecule has 0 aromatic heterocycles. The normalized spacial score (nSPS) is 10.5. The Labute approximate surface area is 115 Å². The molecule has 0 spiro atoms. The molecule has 0 heterocycles. The molecule has 2 aromatic carbocycles. The van der Waals surface area contributed by atoms with Crippen LogP contribution in [0, 0.1) is 0 Å². The number of aliphatic hydroxyl groups is 2. The molecule has 0 fully saturated rings. The number of aliphatic hydroxyl groups excluding tert-OH is 2. The van der Waals surface area contributed by atoms with Gasteiger partial charge in [-0.15, -0.1) is 0 Å². The predicted molar refractivity (Wildman–Crippen MR) is 71.5 cm³/mol. The number of hydrogen-bond acceptors (Lipinski definition) is 5. The maximum absolute atomic E-state index is 12.3. The van der Waals surface area contributed by atoms with E-state index in [1.54, 1.807) is 0 Å². The maximum Gasteiger partial charge on any atom is 0.193 e. The van der Waals surface area contributed by atoms with Crippen molar-refractivity contribution < 1.29 is 25.2 Å². The number of phenols is 2. The van der Waals surface area contributed by atoms with Crippen LogP contribution in [0.25, 0.3) is 0 Å². The van der Waals surface area contributed by atoms with Gasteiger partial charge < -0.3 is 20.4 Å². The smallest absolute Gasteiger partial charge is 0.193 e. The van der Waals surface area contributed by atoms with Crippen molar-refractivity contribution in [1.29, 1.82) is 0 Å². The molecular formula is C15H14O5. The van der Waals surface area contributed by atoms with Crippen molar-refractivity contribution >= 4 is 5.78 Å². The summed E-state index contributed by atoms with van der Waals surface area (Å²) in [5.41, 5.74) is 1.14. The molecule has 5 heteroatoms. The molecule has 0 saturated carbocycles. The number of ketones is 1. The zero-order chi connectivity index (χ0) is 14.7. The quantitative estimate of drug-likeness (QED) is 0.630. The van der Waals surface area contributed by atoms with Gasteiger partial charge in [-0.05, 0) is 36.4 Å². The largest absolute Gasteiger partial charge is 0.508 e. The summed E-state index contributed by atoms with van der Waals surface area (Å²) in [7, 11) is 0. The number of carbonyl (C=O) groups excluding carboxylic acids is 1. The summed E-state index contributed by atoms with van der Waals surface area (Å²) in [5, 5.41) is 37.1. The molecule has 0 atom stereocenters. The first-order chi connectivity index (χ1) is 9.56. The maximum atomic E-state index is 12.3. The Morgan fingerprint density at radius 2 is 1.20 bits per heavy atom. The summed E-state index contributed by atoms with van der Waals surface area (Å²) >= 11 is 0. The standard InChI is InChI=1S/C15H14O5/c16-7-11-5-9(1-3-13(11)18)15(20)10-2-4-14(19)12(6-10)8-17/h1-6,16-19H,7-8H2. The van der Waals surface area contributed by atoms with E-state index in [-0.39, 0.29) is 41.6 Å². The van der Waals surface area contributed by atoms with Gasteiger partial charge >= 0.3 is 0 Å². The average Bonchev–Trinajstić information content (AvgIpc) is 2.47. The molecule has 2 aromatic rings. The predicted octanol–water partition coefficient (Wildman–Crippen LogP) is 1.31. The van der Waals surface area contributed by atoms with Gasteiger partial charge in [0.25, 0.3) is 0 Å². The van der Waals surface area contributed by atoms with Crippen LogP contribution in [0.4, 0.5) is 0 Å². The van der Waals surface area contributed by atoms with Crippen molar-refractivity contribution in [3.8, 4) is 11.5 Å². The topological polar surface area (TPSA) is 98.0 Å². The second-order valence-corrected chi connectivity index (χ2v) is 4.33. The van der Waals surface area contributed by atoms with Gasteiger partial charge in [0.2, 0.25) is 0 Å². The number of carbonyl (C=O) groups is 1. The van der Waals surface area contributed by atoms with Crippen molar-refractivity contribution in [3.05, 3.63) is 58.7 Å². The number of hydrogen-bond donors (Lipinski definition) is 4. The third-order valence-electron chi connectivity index (χ3n) is 3.02. The van der Waals surface area contributed by atoms with E-state index in [0.717, 1.165) is 0 Å². The lowest BCUT2D eigenvalue weighted by atomic mass is 9.99. The van der Waals surface area contributed by atoms with Crippen LogP contribution in [0.15, 0.2) is 36.4 Å². The summed E-state index contributed by atoms with van der Waals surface area (Å²) in [5.74, 6) is -0.481. The molecule has 0 bridgehead atoms. The first-order valence-electron chi connectivity index (χ1n) is 5.97. The Bertz CT molecular complexity index is 593. The summed E-state index contributed by atoms with van der Waals surface area (Å²) in [6.07, 6.45) is 0. The highest BCUT2D eigenvalue weighted by Crippen LogP contribution is 2.23. The fraction of sp³-hybridized carbons (Fsp3) is 0.133. The summed E-state index contributed by atoms with van der Waals surface area (Å²) in [6, 6.07) is 8.38. The lowest BCUT2D eigenvalue weighted by Gasteiger charge is -2.07. The van der Waals surface area contributed by atoms with Gasteiger partial charge in [0, 0.05) is 22.3 Å². The second kappa shape index (κ2) is 5.73. The molecule has 2 rings (SSSR count). The van der Waals surface area contributed by atoms with Gasteiger partial charge in [-0.2, -0.15) is 0 Å². The fourth-order valence-corrected chi connectivity index (χ4v) is 1.87. The Morgan fingerprint density at radius 3 is 1.55 bits per heavy atom. The average molecular weight is 274 g/mol. The molecule has 20 heavy (non-hydrogen) atoms. The van der Waals surface area contributed by atoms with Crippen LogP contribution in [-0.2, 0) is 13.2 Å². The molecule has 0 amide bonds. The van der Waals surface area contributed by atoms with Crippen molar-refractivity contribution in [3.63, 3.8) is 0 Å². The number of benzene rings is 2. The Hall–Kier alpha value is -2.37. The van der Waals surface area contributed by atoms with E-state index in [4.69, 9.17) is 10.2 Å². The van der Waals surface area contributed by atoms with Crippen molar-refractivity contribution in [2.24, 2.45) is 0 Å². The van der Waals surface area contributed by atoms with Crippen molar-refractivity contribution in [2.75, 3.05) is 0 Å². The van der Waals surface area contributed by atoms with Crippen molar-refractivity contribution in [2.45, 2.75) is 13.2 Å². The molecule has 104 valence electrons. The van der Waals surface area contributed by atoms with E-state index in [1.807, 2.05) is 0 Å². The summed E-state index contributed by atoms with van der Waals surface area (Å²) in [4.78, 5) is 12.3. The van der Waals surface area contributed by atoms with Crippen LogP contribution in [-0.4, -0.2) is 26.2 Å². The molecule has 0 aliphatic rings. The van der Waals surface area contributed by atoms with Crippen LogP contribution in [0.3, 0.4) is 0 Å². The Morgan fingerprint density at radius 1 is 0.800 bits per heavy atom. The molecule has 0 radical (unpaired) electrons. The molecule has 0 saturated heterocycles. The van der Waals surface area contributed by atoms with Gasteiger partial charge in [0.15, 0.2) is 5.78 Å². The molecular weight excluding hydrogens is 260 g/mol. The lowest BCUT2D eigenvalue weighted by Crippen LogP contribution is -2.03. The Balaban J connectivity index is 2.41. The zero-order valence-corrected chi connectivity index (χ0v) is 10.6. The van der Waals surface area contributed by atoms with E-state index in [0.29, 0.717) is 11.1 Å². The van der Waals surface area contributed by atoms with Crippen molar-refractivity contribution in [1.82, 2.24) is 0 Å². The molecule has 5 nitrogen and oxygen atoms in total. The third kappa shape index (κ3) is 2.64. The highest BCUT2D eigenvalue weighted by Gasteiger charge is 2.13. The summed E-state index contributed by atoms with van der Waals surface area (Å²) in [6.45, 7) is -0.741. The number of aromatic hydroxyl groups is 2. The highest BCUT2D eigenvalue weighted by molar-refractivity contribution is 6.09. The van der Waals surface area contributed by atoms with E-state index in [2.05, 4.69) is 0 Å². The van der Waals surface area contributed by atoms with Crippen LogP contribution < -0.4 is 0 Å². The van der Waals surface area contributed by atoms with Crippen LogP contribution in [0.5, 0.6) is 11.5 Å². The first kappa shape index (κ1) is 14.0. The fourth-order valence-electron chi connectivity index (χ4n) is 1.87. The van der Waals surface area contributed by atoms with E-state index >= 15 is 0 Å². The van der Waals surface area contributed by atoms with Gasteiger partial charge in [-0.3, -0.25) is 4.79 Å². The Kier molecular flexibility index (Phi) is 4.02. The molecule has 0 aliphatic carbocycles. The number of rotatable bonds is 4. The molecule has 0 unspecified atom stereocenters. The second-order valence-electron chi connectivity index (χ2n) is 4.33.